The summed E-state index contributed by atoms with van der Waals surface area (Å²) in [5.74, 6) is 0. The summed E-state index contributed by atoms with van der Waals surface area (Å²) in [6.07, 6.45) is 4.63. The van der Waals surface area contributed by atoms with Crippen molar-refractivity contribution in [1.82, 2.24) is 10.3 Å². The average molecular weight is 268 g/mol. The van der Waals surface area contributed by atoms with Gasteiger partial charge in [-0.05, 0) is 46.1 Å². The lowest BCUT2D eigenvalue weighted by molar-refractivity contribution is 0.00694. The van der Waals surface area contributed by atoms with Gasteiger partial charge in [0.25, 0.3) is 0 Å². The molecule has 0 radical (unpaired) electrons. The predicted molar refractivity (Wildman–Crippen MR) is 76.3 cm³/mol. The van der Waals surface area contributed by atoms with Gasteiger partial charge in [0.05, 0.1) is 17.3 Å². The van der Waals surface area contributed by atoms with Crippen LogP contribution in [0.2, 0.25) is 0 Å². The SMILES string of the molecule is CCNC(CC(C)(C)OC)c1nc2c(s1)CCC2. The first kappa shape index (κ1) is 14.0. The number of nitrogens with zero attached hydrogens (tertiary/aromatic N) is 1. The molecule has 1 unspecified atom stereocenters. The smallest absolute Gasteiger partial charge is 0.110 e. The minimum Gasteiger partial charge on any atom is -0.379 e. The standard InChI is InChI=1S/C14H24N2OS/c1-5-15-11(9-14(2,3)17-4)13-16-10-7-6-8-12(10)18-13/h11,15H,5-9H2,1-4H3. The molecule has 0 bridgehead atoms. The van der Waals surface area contributed by atoms with Gasteiger partial charge in [0.2, 0.25) is 0 Å². The predicted octanol–water partition coefficient (Wildman–Crippen LogP) is 3.10. The number of rotatable bonds is 6. The number of aromatic nitrogens is 1. The molecule has 1 atom stereocenters. The molecule has 1 aromatic heterocycles. The van der Waals surface area contributed by atoms with Crippen LogP contribution in [0, 0.1) is 0 Å². The minimum atomic E-state index is -0.108. The Morgan fingerprint density at radius 2 is 2.22 bits per heavy atom. The van der Waals surface area contributed by atoms with E-state index < -0.39 is 0 Å². The van der Waals surface area contributed by atoms with E-state index in [1.807, 2.05) is 11.3 Å². The highest BCUT2D eigenvalue weighted by atomic mass is 32.1. The third-order valence-corrected chi connectivity index (χ3v) is 4.88. The Morgan fingerprint density at radius 1 is 1.44 bits per heavy atom. The normalized spacial score (nSPS) is 16.9. The van der Waals surface area contributed by atoms with E-state index in [-0.39, 0.29) is 5.60 Å². The fraction of sp³-hybridized carbons (Fsp3) is 0.786. The van der Waals surface area contributed by atoms with Gasteiger partial charge >= 0.3 is 0 Å². The molecular weight excluding hydrogens is 244 g/mol. The summed E-state index contributed by atoms with van der Waals surface area (Å²) in [7, 11) is 1.78. The summed E-state index contributed by atoms with van der Waals surface area (Å²) in [5.41, 5.74) is 1.23. The number of thiazole rings is 1. The molecule has 102 valence electrons. The maximum Gasteiger partial charge on any atom is 0.110 e. The molecule has 0 aliphatic heterocycles. The van der Waals surface area contributed by atoms with Crippen LogP contribution in [0.4, 0.5) is 0 Å². The summed E-state index contributed by atoms with van der Waals surface area (Å²) < 4.78 is 5.55. The van der Waals surface area contributed by atoms with Crippen molar-refractivity contribution in [3.05, 3.63) is 15.6 Å². The molecule has 0 fully saturated rings. The Kier molecular flexibility index (Phi) is 4.41. The highest BCUT2D eigenvalue weighted by molar-refractivity contribution is 7.11. The molecule has 0 aromatic carbocycles. The third-order valence-electron chi connectivity index (χ3n) is 3.61. The fourth-order valence-electron chi connectivity index (χ4n) is 2.43. The topological polar surface area (TPSA) is 34.1 Å². The molecule has 1 aromatic rings. The second-order valence-electron chi connectivity index (χ2n) is 5.55. The number of nitrogens with one attached hydrogen (secondary N) is 1. The van der Waals surface area contributed by atoms with Gasteiger partial charge in [-0.3, -0.25) is 0 Å². The molecule has 0 amide bonds. The first-order valence-corrected chi connectivity index (χ1v) is 7.64. The van der Waals surface area contributed by atoms with Crippen molar-refractivity contribution in [2.24, 2.45) is 0 Å². The number of hydrogen-bond donors (Lipinski definition) is 1. The van der Waals surface area contributed by atoms with Crippen LogP contribution in [-0.2, 0) is 17.6 Å². The second kappa shape index (κ2) is 5.68. The summed E-state index contributed by atoms with van der Waals surface area (Å²) in [6, 6.07) is 0.320. The van der Waals surface area contributed by atoms with Crippen molar-refractivity contribution in [2.75, 3.05) is 13.7 Å². The molecule has 3 nitrogen and oxygen atoms in total. The molecule has 0 spiro atoms. The zero-order chi connectivity index (χ0) is 13.2. The third kappa shape index (κ3) is 3.11. The molecule has 1 N–H and O–H groups in total. The summed E-state index contributed by atoms with van der Waals surface area (Å²) in [6.45, 7) is 7.39. The van der Waals surface area contributed by atoms with Crippen molar-refractivity contribution in [3.63, 3.8) is 0 Å². The molecule has 0 saturated heterocycles. The number of hydrogen-bond acceptors (Lipinski definition) is 4. The molecule has 1 aliphatic carbocycles. The largest absolute Gasteiger partial charge is 0.379 e. The van der Waals surface area contributed by atoms with Gasteiger partial charge in [0.1, 0.15) is 5.01 Å². The molecular formula is C14H24N2OS. The summed E-state index contributed by atoms with van der Waals surface area (Å²) in [4.78, 5) is 6.33. The first-order valence-electron chi connectivity index (χ1n) is 6.82. The van der Waals surface area contributed by atoms with Crippen molar-refractivity contribution in [2.45, 2.75) is 58.1 Å². The van der Waals surface area contributed by atoms with E-state index in [0.29, 0.717) is 6.04 Å². The number of fused-ring (bicyclic) bond motifs is 1. The van der Waals surface area contributed by atoms with E-state index in [2.05, 4.69) is 26.1 Å². The highest BCUT2D eigenvalue weighted by Crippen LogP contribution is 2.34. The van der Waals surface area contributed by atoms with E-state index in [1.54, 1.807) is 7.11 Å². The van der Waals surface area contributed by atoms with E-state index in [9.17, 15) is 0 Å². The van der Waals surface area contributed by atoms with E-state index in [0.717, 1.165) is 13.0 Å². The van der Waals surface area contributed by atoms with Crippen molar-refractivity contribution < 1.29 is 4.74 Å². The van der Waals surface area contributed by atoms with Gasteiger partial charge < -0.3 is 10.1 Å². The molecule has 18 heavy (non-hydrogen) atoms. The zero-order valence-electron chi connectivity index (χ0n) is 11.9. The second-order valence-corrected chi connectivity index (χ2v) is 6.67. The Morgan fingerprint density at radius 3 is 2.83 bits per heavy atom. The van der Waals surface area contributed by atoms with Crippen LogP contribution in [0.3, 0.4) is 0 Å². The van der Waals surface area contributed by atoms with Crippen molar-refractivity contribution >= 4 is 11.3 Å². The van der Waals surface area contributed by atoms with Crippen molar-refractivity contribution in [3.8, 4) is 0 Å². The van der Waals surface area contributed by atoms with Gasteiger partial charge in [-0.2, -0.15) is 0 Å². The molecule has 2 rings (SSSR count). The quantitative estimate of drug-likeness (QED) is 0.861. The number of methoxy groups -OCH3 is 1. The Labute approximate surface area is 114 Å². The van der Waals surface area contributed by atoms with E-state index in [1.165, 1.54) is 34.8 Å². The van der Waals surface area contributed by atoms with Crippen LogP contribution in [0.1, 0.15) is 55.2 Å². The van der Waals surface area contributed by atoms with Crippen LogP contribution in [0.15, 0.2) is 0 Å². The number of ether oxygens (including phenoxy) is 1. The minimum absolute atomic E-state index is 0.108. The summed E-state index contributed by atoms with van der Waals surface area (Å²) >= 11 is 1.89. The van der Waals surface area contributed by atoms with Crippen LogP contribution in [0.25, 0.3) is 0 Å². The fourth-order valence-corrected chi connectivity index (χ4v) is 3.66. The monoisotopic (exact) mass is 268 g/mol. The maximum atomic E-state index is 5.55. The van der Waals surface area contributed by atoms with Gasteiger partial charge in [-0.25, -0.2) is 4.98 Å². The lowest BCUT2D eigenvalue weighted by Gasteiger charge is -2.28. The Hall–Kier alpha value is -0.450. The van der Waals surface area contributed by atoms with Crippen LogP contribution in [0.5, 0.6) is 0 Å². The van der Waals surface area contributed by atoms with E-state index in [4.69, 9.17) is 9.72 Å². The molecule has 1 heterocycles. The molecule has 4 heteroatoms. The maximum absolute atomic E-state index is 5.55. The van der Waals surface area contributed by atoms with E-state index >= 15 is 0 Å². The van der Waals surface area contributed by atoms with Crippen molar-refractivity contribution in [1.29, 1.82) is 0 Å². The molecule has 1 aliphatic rings. The lowest BCUT2D eigenvalue weighted by atomic mass is 9.99. The van der Waals surface area contributed by atoms with Gasteiger partial charge in [-0.1, -0.05) is 6.92 Å². The molecule has 0 saturated carbocycles. The van der Waals surface area contributed by atoms with Crippen LogP contribution in [-0.4, -0.2) is 24.2 Å². The Balaban J connectivity index is 2.13. The first-order chi connectivity index (χ1) is 8.55. The lowest BCUT2D eigenvalue weighted by Crippen LogP contribution is -2.32. The van der Waals surface area contributed by atoms with Crippen LogP contribution < -0.4 is 5.32 Å². The number of aryl methyl sites for hydroxylation is 2. The zero-order valence-corrected chi connectivity index (χ0v) is 12.7. The van der Waals surface area contributed by atoms with Crippen LogP contribution >= 0.6 is 11.3 Å². The average Bonchev–Trinajstić information content (AvgIpc) is 2.88. The van der Waals surface area contributed by atoms with Gasteiger partial charge in [0, 0.05) is 12.0 Å². The highest BCUT2D eigenvalue weighted by Gasteiger charge is 2.27. The van der Waals surface area contributed by atoms with Gasteiger partial charge in [0.15, 0.2) is 0 Å². The summed E-state index contributed by atoms with van der Waals surface area (Å²) in [5, 5.41) is 4.79. The Bertz CT molecular complexity index is 379. The van der Waals surface area contributed by atoms with Gasteiger partial charge in [-0.15, -0.1) is 11.3 Å².